The molecule has 0 aliphatic carbocycles. The first-order valence-corrected chi connectivity index (χ1v) is 9.02. The molecule has 108 valence electrons. The highest BCUT2D eigenvalue weighted by Crippen LogP contribution is 2.18. The van der Waals surface area contributed by atoms with Crippen molar-refractivity contribution in [3.63, 3.8) is 0 Å². The minimum atomic E-state index is -3.81. The van der Waals surface area contributed by atoms with Crippen LogP contribution in [0.5, 0.6) is 0 Å². The van der Waals surface area contributed by atoms with E-state index in [0.29, 0.717) is 5.69 Å². The van der Waals surface area contributed by atoms with Crippen LogP contribution in [0.4, 0.5) is 5.69 Å². The van der Waals surface area contributed by atoms with Crippen molar-refractivity contribution in [3.05, 3.63) is 18.5 Å². The van der Waals surface area contributed by atoms with E-state index in [1.165, 1.54) is 25.4 Å². The summed E-state index contributed by atoms with van der Waals surface area (Å²) in [6.07, 6.45) is 3.73. The van der Waals surface area contributed by atoms with Crippen molar-refractivity contribution in [2.45, 2.75) is 17.9 Å². The summed E-state index contributed by atoms with van der Waals surface area (Å²) in [6.45, 7) is 1.49. The minimum Gasteiger partial charge on any atom is -0.387 e. The number of sulfonamides is 1. The SMILES string of the molecule is CNc1ccncc1S(=O)(=O)NC(C)CS(C)(=O)=O. The lowest BCUT2D eigenvalue weighted by atomic mass is 10.4. The second-order valence-corrected chi connectivity index (χ2v) is 8.10. The Morgan fingerprint density at radius 2 is 1.95 bits per heavy atom. The first kappa shape index (κ1) is 15.9. The van der Waals surface area contributed by atoms with Gasteiger partial charge in [-0.05, 0) is 13.0 Å². The third kappa shape index (κ3) is 4.77. The highest BCUT2D eigenvalue weighted by atomic mass is 32.2. The number of aromatic nitrogens is 1. The number of anilines is 1. The molecule has 0 aliphatic rings. The molecule has 1 aromatic rings. The summed E-state index contributed by atoms with van der Waals surface area (Å²) in [5, 5.41) is 2.75. The maximum Gasteiger partial charge on any atom is 0.244 e. The summed E-state index contributed by atoms with van der Waals surface area (Å²) in [6, 6.07) is 0.806. The molecule has 0 aliphatic heterocycles. The van der Waals surface area contributed by atoms with Crippen LogP contribution in [0, 0.1) is 0 Å². The van der Waals surface area contributed by atoms with E-state index in [1.54, 1.807) is 7.05 Å². The maximum atomic E-state index is 12.1. The minimum absolute atomic E-state index is 0.0159. The largest absolute Gasteiger partial charge is 0.387 e. The molecule has 1 atom stereocenters. The Morgan fingerprint density at radius 3 is 2.47 bits per heavy atom. The number of nitrogens with one attached hydrogen (secondary N) is 2. The van der Waals surface area contributed by atoms with E-state index in [9.17, 15) is 16.8 Å². The highest BCUT2D eigenvalue weighted by Gasteiger charge is 2.22. The second-order valence-electron chi connectivity index (χ2n) is 4.24. The Labute approximate surface area is 113 Å². The Balaban J connectivity index is 2.99. The molecule has 0 aromatic carbocycles. The van der Waals surface area contributed by atoms with Crippen molar-refractivity contribution in [2.24, 2.45) is 0 Å². The fraction of sp³-hybridized carbons (Fsp3) is 0.500. The average Bonchev–Trinajstić information content (AvgIpc) is 2.25. The fourth-order valence-corrected chi connectivity index (χ4v) is 4.11. The number of pyridine rings is 1. The van der Waals surface area contributed by atoms with Crippen molar-refractivity contribution in [1.29, 1.82) is 0 Å². The molecule has 2 N–H and O–H groups in total. The predicted octanol–water partition coefficient (Wildman–Crippen LogP) is -0.165. The smallest absolute Gasteiger partial charge is 0.244 e. The summed E-state index contributed by atoms with van der Waals surface area (Å²) in [7, 11) is -5.47. The van der Waals surface area contributed by atoms with E-state index in [4.69, 9.17) is 0 Å². The van der Waals surface area contributed by atoms with E-state index in [-0.39, 0.29) is 10.6 Å². The van der Waals surface area contributed by atoms with E-state index >= 15 is 0 Å². The van der Waals surface area contributed by atoms with Crippen LogP contribution >= 0.6 is 0 Å². The Hall–Kier alpha value is -1.19. The van der Waals surface area contributed by atoms with Gasteiger partial charge in [0.25, 0.3) is 0 Å². The quantitative estimate of drug-likeness (QED) is 0.756. The fourth-order valence-electron chi connectivity index (χ4n) is 1.62. The summed E-state index contributed by atoms with van der Waals surface area (Å²) < 4.78 is 48.8. The number of rotatable bonds is 6. The monoisotopic (exact) mass is 307 g/mol. The van der Waals surface area contributed by atoms with Crippen LogP contribution in [0.15, 0.2) is 23.4 Å². The van der Waals surface area contributed by atoms with Crippen LogP contribution in [-0.2, 0) is 19.9 Å². The number of hydrogen-bond donors (Lipinski definition) is 2. The summed E-state index contributed by atoms with van der Waals surface area (Å²) in [4.78, 5) is 3.75. The molecule has 1 rings (SSSR count). The molecule has 9 heteroatoms. The third-order valence-electron chi connectivity index (χ3n) is 2.25. The molecule has 1 aromatic heterocycles. The number of nitrogens with zero attached hydrogens (tertiary/aromatic N) is 1. The van der Waals surface area contributed by atoms with Gasteiger partial charge >= 0.3 is 0 Å². The molecule has 0 radical (unpaired) electrons. The summed E-state index contributed by atoms with van der Waals surface area (Å²) in [5.74, 6) is -0.263. The van der Waals surface area contributed by atoms with Crippen molar-refractivity contribution in [1.82, 2.24) is 9.71 Å². The van der Waals surface area contributed by atoms with Crippen LogP contribution in [0.1, 0.15) is 6.92 Å². The standard InChI is InChI=1S/C10H17N3O4S2/c1-8(7-18(3,14)15)13-19(16,17)10-6-12-5-4-9(10)11-2/h4-6,8,13H,7H2,1-3H3,(H,11,12). The molecular formula is C10H17N3O4S2. The van der Waals surface area contributed by atoms with Gasteiger partial charge in [0.2, 0.25) is 10.0 Å². The highest BCUT2D eigenvalue weighted by molar-refractivity contribution is 7.91. The van der Waals surface area contributed by atoms with Gasteiger partial charge in [-0.1, -0.05) is 0 Å². The lowest BCUT2D eigenvalue weighted by Crippen LogP contribution is -2.37. The van der Waals surface area contributed by atoms with Gasteiger partial charge in [0.15, 0.2) is 0 Å². The zero-order valence-electron chi connectivity index (χ0n) is 10.9. The molecule has 0 bridgehead atoms. The first-order valence-electron chi connectivity index (χ1n) is 5.47. The summed E-state index contributed by atoms with van der Waals surface area (Å²) >= 11 is 0. The van der Waals surface area contributed by atoms with Crippen LogP contribution in [0.25, 0.3) is 0 Å². The van der Waals surface area contributed by atoms with Crippen molar-refractivity contribution in [2.75, 3.05) is 24.4 Å². The topological polar surface area (TPSA) is 105 Å². The molecule has 0 spiro atoms. The second kappa shape index (κ2) is 5.85. The van der Waals surface area contributed by atoms with Gasteiger partial charge in [0.05, 0.1) is 11.4 Å². The maximum absolute atomic E-state index is 12.1. The Kier molecular flexibility index (Phi) is 4.88. The molecule has 0 amide bonds. The first-order chi connectivity index (χ1) is 8.65. The lowest BCUT2D eigenvalue weighted by Gasteiger charge is -2.15. The molecule has 0 saturated heterocycles. The normalized spacial score (nSPS) is 14.1. The molecule has 7 nitrogen and oxygen atoms in total. The zero-order chi connectivity index (χ0) is 14.7. The molecule has 19 heavy (non-hydrogen) atoms. The van der Waals surface area contributed by atoms with Crippen LogP contribution in [0.2, 0.25) is 0 Å². The van der Waals surface area contributed by atoms with E-state index in [1.807, 2.05) is 0 Å². The number of sulfone groups is 1. The predicted molar refractivity (Wildman–Crippen MR) is 73.3 cm³/mol. The average molecular weight is 307 g/mol. The lowest BCUT2D eigenvalue weighted by molar-refractivity contribution is 0.564. The molecular weight excluding hydrogens is 290 g/mol. The molecule has 0 fully saturated rings. The van der Waals surface area contributed by atoms with Gasteiger partial charge in [-0.25, -0.2) is 21.6 Å². The van der Waals surface area contributed by atoms with E-state index in [0.717, 1.165) is 6.26 Å². The van der Waals surface area contributed by atoms with Gasteiger partial charge in [0, 0.05) is 31.7 Å². The molecule has 0 saturated carbocycles. The Bertz CT molecular complexity index is 640. The van der Waals surface area contributed by atoms with E-state index in [2.05, 4.69) is 15.0 Å². The van der Waals surface area contributed by atoms with Crippen molar-refractivity contribution >= 4 is 25.5 Å². The van der Waals surface area contributed by atoms with E-state index < -0.39 is 25.9 Å². The van der Waals surface area contributed by atoms with Crippen molar-refractivity contribution in [3.8, 4) is 0 Å². The molecule has 1 heterocycles. The Morgan fingerprint density at radius 1 is 1.32 bits per heavy atom. The van der Waals surface area contributed by atoms with Crippen LogP contribution in [-0.4, -0.2) is 46.9 Å². The van der Waals surface area contributed by atoms with Gasteiger partial charge < -0.3 is 5.32 Å². The van der Waals surface area contributed by atoms with Gasteiger partial charge in [-0.15, -0.1) is 0 Å². The van der Waals surface area contributed by atoms with Gasteiger partial charge in [-0.2, -0.15) is 0 Å². The number of hydrogen-bond acceptors (Lipinski definition) is 6. The van der Waals surface area contributed by atoms with Crippen LogP contribution < -0.4 is 10.0 Å². The zero-order valence-corrected chi connectivity index (χ0v) is 12.5. The third-order valence-corrected chi connectivity index (χ3v) is 4.97. The molecule has 1 unspecified atom stereocenters. The van der Waals surface area contributed by atoms with Crippen LogP contribution in [0.3, 0.4) is 0 Å². The van der Waals surface area contributed by atoms with Gasteiger partial charge in [-0.3, -0.25) is 4.98 Å². The summed E-state index contributed by atoms with van der Waals surface area (Å²) in [5.41, 5.74) is 0.397. The van der Waals surface area contributed by atoms with Gasteiger partial charge in [0.1, 0.15) is 14.7 Å². The van der Waals surface area contributed by atoms with Crippen molar-refractivity contribution < 1.29 is 16.8 Å².